The van der Waals surface area contributed by atoms with Crippen molar-refractivity contribution in [3.05, 3.63) is 35.4 Å². The van der Waals surface area contributed by atoms with Gasteiger partial charge in [0.1, 0.15) is 0 Å². The molecule has 1 saturated heterocycles. The first-order valence-electron chi connectivity index (χ1n) is 6.58. The van der Waals surface area contributed by atoms with Crippen LogP contribution in [0.1, 0.15) is 33.6 Å². The Balaban J connectivity index is 1.59. The van der Waals surface area contributed by atoms with Gasteiger partial charge < -0.3 is 14.3 Å². The van der Waals surface area contributed by atoms with Gasteiger partial charge in [0.15, 0.2) is 6.29 Å². The third-order valence-electron chi connectivity index (χ3n) is 3.22. The second kappa shape index (κ2) is 5.63. The summed E-state index contributed by atoms with van der Waals surface area (Å²) in [6.45, 7) is 0.996. The van der Waals surface area contributed by atoms with Crippen LogP contribution in [0.15, 0.2) is 24.3 Å². The van der Waals surface area contributed by atoms with E-state index in [1.807, 2.05) is 0 Å². The molecule has 0 atom stereocenters. The van der Waals surface area contributed by atoms with Gasteiger partial charge in [-0.1, -0.05) is 17.2 Å². The molecule has 0 spiro atoms. The minimum Gasteiger partial charge on any atom is -0.350 e. The first-order chi connectivity index (χ1) is 10.2. The van der Waals surface area contributed by atoms with Gasteiger partial charge in [-0.05, 0) is 12.1 Å². The number of fused-ring (bicyclic) bond motifs is 1. The zero-order valence-electron chi connectivity index (χ0n) is 11.1. The Kier molecular flexibility index (Phi) is 3.68. The van der Waals surface area contributed by atoms with Gasteiger partial charge in [0.25, 0.3) is 11.8 Å². The molecular weight excluding hydrogens is 278 g/mol. The fraction of sp³-hybridized carbons (Fsp3) is 0.357. The van der Waals surface area contributed by atoms with Crippen LogP contribution in [0.3, 0.4) is 0 Å². The number of hydrogen-bond acceptors (Lipinski definition) is 6. The van der Waals surface area contributed by atoms with Crippen LogP contribution in [0.5, 0.6) is 0 Å². The number of carbonyl (C=O) groups excluding carboxylic acids is 3. The number of imide groups is 1. The second-order valence-corrected chi connectivity index (χ2v) is 4.62. The number of rotatable bonds is 4. The third-order valence-corrected chi connectivity index (χ3v) is 3.22. The van der Waals surface area contributed by atoms with Crippen molar-refractivity contribution in [1.29, 1.82) is 0 Å². The minimum atomic E-state index is -0.677. The van der Waals surface area contributed by atoms with Crippen LogP contribution < -0.4 is 0 Å². The molecule has 2 heterocycles. The lowest BCUT2D eigenvalue weighted by Crippen LogP contribution is -2.32. The van der Waals surface area contributed by atoms with Crippen molar-refractivity contribution in [2.24, 2.45) is 0 Å². The van der Waals surface area contributed by atoms with E-state index in [2.05, 4.69) is 0 Å². The van der Waals surface area contributed by atoms with Gasteiger partial charge in [-0.2, -0.15) is 0 Å². The summed E-state index contributed by atoms with van der Waals surface area (Å²) in [5, 5.41) is 0.503. The number of hydroxylamine groups is 2. The molecular formula is C14H13NO6. The second-order valence-electron chi connectivity index (χ2n) is 4.62. The monoisotopic (exact) mass is 291 g/mol. The molecule has 7 nitrogen and oxygen atoms in total. The van der Waals surface area contributed by atoms with E-state index in [4.69, 9.17) is 14.3 Å². The van der Waals surface area contributed by atoms with E-state index < -0.39 is 24.1 Å². The molecule has 21 heavy (non-hydrogen) atoms. The van der Waals surface area contributed by atoms with Crippen molar-refractivity contribution >= 4 is 17.8 Å². The average molecular weight is 291 g/mol. The molecule has 0 bridgehead atoms. The number of ether oxygens (including phenoxy) is 2. The van der Waals surface area contributed by atoms with Gasteiger partial charge in [0.05, 0.1) is 30.8 Å². The van der Waals surface area contributed by atoms with E-state index in [0.717, 1.165) is 0 Å². The zero-order valence-corrected chi connectivity index (χ0v) is 11.1. The molecule has 7 heteroatoms. The number of benzene rings is 1. The average Bonchev–Trinajstić information content (AvgIpc) is 3.09. The highest BCUT2D eigenvalue weighted by Crippen LogP contribution is 2.23. The lowest BCUT2D eigenvalue weighted by Gasteiger charge is -2.13. The lowest BCUT2D eigenvalue weighted by atomic mass is 10.1. The van der Waals surface area contributed by atoms with Gasteiger partial charge in [0.2, 0.25) is 0 Å². The standard InChI is InChI=1S/C14H13NO6/c16-11(5-6-12-19-7-8-20-12)21-15-13(17)9-3-1-2-4-10(9)14(15)18/h1-4,12H,5-8H2. The maximum atomic E-state index is 12.0. The highest BCUT2D eigenvalue weighted by Gasteiger charge is 2.38. The summed E-state index contributed by atoms with van der Waals surface area (Å²) in [5.41, 5.74) is 0.468. The van der Waals surface area contributed by atoms with Gasteiger partial charge in [0, 0.05) is 6.42 Å². The number of carbonyl (C=O) groups is 3. The zero-order chi connectivity index (χ0) is 14.8. The molecule has 2 aliphatic rings. The summed E-state index contributed by atoms with van der Waals surface area (Å²) in [5.74, 6) is -1.93. The third kappa shape index (κ3) is 2.65. The summed E-state index contributed by atoms with van der Waals surface area (Å²) >= 11 is 0. The van der Waals surface area contributed by atoms with Crippen LogP contribution in [0.2, 0.25) is 0 Å². The Morgan fingerprint density at radius 1 is 1.14 bits per heavy atom. The van der Waals surface area contributed by atoms with E-state index in [9.17, 15) is 14.4 Å². The molecule has 0 radical (unpaired) electrons. The van der Waals surface area contributed by atoms with Crippen molar-refractivity contribution in [1.82, 2.24) is 5.06 Å². The predicted octanol–water partition coefficient (Wildman–Crippen LogP) is 0.894. The molecule has 1 fully saturated rings. The van der Waals surface area contributed by atoms with E-state index in [1.165, 1.54) is 12.1 Å². The summed E-state index contributed by atoms with van der Waals surface area (Å²) in [4.78, 5) is 40.5. The Morgan fingerprint density at radius 3 is 2.29 bits per heavy atom. The largest absolute Gasteiger partial charge is 0.350 e. The summed E-state index contributed by atoms with van der Waals surface area (Å²) < 4.78 is 10.4. The molecule has 0 saturated carbocycles. The maximum Gasteiger partial charge on any atom is 0.333 e. The Labute approximate surface area is 120 Å². The van der Waals surface area contributed by atoms with Crippen molar-refractivity contribution in [2.45, 2.75) is 19.1 Å². The quantitative estimate of drug-likeness (QED) is 0.766. The molecule has 1 aromatic carbocycles. The van der Waals surface area contributed by atoms with Crippen LogP contribution in [0.4, 0.5) is 0 Å². The molecule has 0 aromatic heterocycles. The Bertz CT molecular complexity index is 558. The fourth-order valence-corrected chi connectivity index (χ4v) is 2.21. The van der Waals surface area contributed by atoms with Crippen LogP contribution in [0.25, 0.3) is 0 Å². The maximum absolute atomic E-state index is 12.0. The number of nitrogens with zero attached hydrogens (tertiary/aromatic N) is 1. The summed E-state index contributed by atoms with van der Waals surface area (Å²) in [7, 11) is 0. The van der Waals surface area contributed by atoms with Gasteiger partial charge in [-0.15, -0.1) is 0 Å². The molecule has 3 rings (SSSR count). The van der Waals surface area contributed by atoms with Crippen molar-refractivity contribution < 1.29 is 28.7 Å². The number of amides is 2. The molecule has 0 N–H and O–H groups in total. The van der Waals surface area contributed by atoms with Gasteiger partial charge >= 0.3 is 5.97 Å². The van der Waals surface area contributed by atoms with E-state index in [0.29, 0.717) is 24.7 Å². The summed E-state index contributed by atoms with van der Waals surface area (Å²) in [6.07, 6.45) is -0.111. The van der Waals surface area contributed by atoms with Crippen molar-refractivity contribution in [3.8, 4) is 0 Å². The van der Waals surface area contributed by atoms with E-state index in [1.54, 1.807) is 12.1 Å². The van der Waals surface area contributed by atoms with Gasteiger partial charge in [-0.25, -0.2) is 4.79 Å². The van der Waals surface area contributed by atoms with Crippen LogP contribution in [0, 0.1) is 0 Å². The Hall–Kier alpha value is -2.25. The highest BCUT2D eigenvalue weighted by atomic mass is 16.7. The molecule has 110 valence electrons. The first-order valence-corrected chi connectivity index (χ1v) is 6.58. The minimum absolute atomic E-state index is 0.00191. The highest BCUT2D eigenvalue weighted by molar-refractivity contribution is 6.20. The van der Waals surface area contributed by atoms with E-state index >= 15 is 0 Å². The molecule has 0 unspecified atom stereocenters. The fourth-order valence-electron chi connectivity index (χ4n) is 2.21. The molecule has 2 aliphatic heterocycles. The smallest absolute Gasteiger partial charge is 0.333 e. The normalized spacial score (nSPS) is 18.2. The topological polar surface area (TPSA) is 82.1 Å². The van der Waals surface area contributed by atoms with Crippen molar-refractivity contribution in [3.63, 3.8) is 0 Å². The molecule has 1 aromatic rings. The lowest BCUT2D eigenvalue weighted by molar-refractivity contribution is -0.170. The molecule has 0 aliphatic carbocycles. The van der Waals surface area contributed by atoms with Gasteiger partial charge in [-0.3, -0.25) is 9.59 Å². The molecule has 2 amide bonds. The van der Waals surface area contributed by atoms with E-state index in [-0.39, 0.29) is 17.5 Å². The van der Waals surface area contributed by atoms with Crippen LogP contribution in [-0.2, 0) is 19.1 Å². The Morgan fingerprint density at radius 2 is 1.71 bits per heavy atom. The summed E-state index contributed by atoms with van der Waals surface area (Å²) in [6, 6.07) is 6.32. The SMILES string of the molecule is O=C(CCC1OCCO1)ON1C(=O)c2ccccc2C1=O. The first kappa shape index (κ1) is 13.7. The number of hydrogen-bond donors (Lipinski definition) is 0. The predicted molar refractivity (Wildman–Crippen MR) is 68.0 cm³/mol. The van der Waals surface area contributed by atoms with Crippen LogP contribution in [-0.4, -0.2) is 42.4 Å². The van der Waals surface area contributed by atoms with Crippen molar-refractivity contribution in [2.75, 3.05) is 13.2 Å². The van der Waals surface area contributed by atoms with Crippen LogP contribution >= 0.6 is 0 Å².